The van der Waals surface area contributed by atoms with E-state index in [1.54, 1.807) is 18.7 Å². The number of aryl methyl sites for hydroxylation is 1. The molecule has 2 saturated heterocycles. The molecule has 4 atom stereocenters. The van der Waals surface area contributed by atoms with Crippen molar-refractivity contribution < 1.29 is 29.0 Å². The van der Waals surface area contributed by atoms with Crippen LogP contribution in [-0.2, 0) is 30.3 Å². The van der Waals surface area contributed by atoms with Gasteiger partial charge in [0, 0.05) is 6.61 Å². The van der Waals surface area contributed by atoms with Crippen LogP contribution in [0.1, 0.15) is 57.9 Å². The number of aliphatic carboxylic acids is 1. The second-order valence-corrected chi connectivity index (χ2v) is 9.05. The number of amides is 1. The fourth-order valence-electron chi connectivity index (χ4n) is 5.10. The molecule has 0 aromatic heterocycles. The summed E-state index contributed by atoms with van der Waals surface area (Å²) >= 11 is 0. The molecule has 2 aliphatic rings. The predicted octanol–water partition coefficient (Wildman–Crippen LogP) is 2.54. The number of nitrogens with one attached hydrogen (secondary N) is 1. The van der Waals surface area contributed by atoms with Crippen LogP contribution in [0.2, 0.25) is 0 Å². The molecule has 3 rings (SSSR count). The highest BCUT2D eigenvalue weighted by Crippen LogP contribution is 2.39. The zero-order valence-electron chi connectivity index (χ0n) is 19.6. The molecule has 2 aliphatic heterocycles. The molecule has 2 heterocycles. The Hall–Kier alpha value is -2.45. The molecule has 1 aromatic rings. The topological polar surface area (TPSA) is 105 Å². The maximum atomic E-state index is 13.7. The number of hydrogen-bond donors (Lipinski definition) is 2. The van der Waals surface area contributed by atoms with Crippen molar-refractivity contribution in [2.45, 2.75) is 82.5 Å². The second-order valence-electron chi connectivity index (χ2n) is 9.05. The Kier molecular flexibility index (Phi) is 8.86. The van der Waals surface area contributed by atoms with Crippen molar-refractivity contribution >= 4 is 17.8 Å². The van der Waals surface area contributed by atoms with Crippen molar-refractivity contribution in [1.29, 1.82) is 0 Å². The number of nitrogens with zero attached hydrogens (tertiary/aromatic N) is 1. The summed E-state index contributed by atoms with van der Waals surface area (Å²) in [6.07, 6.45) is 4.53. The van der Waals surface area contributed by atoms with Crippen LogP contribution in [0, 0.1) is 0 Å². The molecule has 1 spiro atoms. The molecule has 2 unspecified atom stereocenters. The molecule has 33 heavy (non-hydrogen) atoms. The molecule has 2 N–H and O–H groups in total. The van der Waals surface area contributed by atoms with Gasteiger partial charge >= 0.3 is 11.9 Å². The molecule has 8 nitrogen and oxygen atoms in total. The van der Waals surface area contributed by atoms with Crippen LogP contribution in [-0.4, -0.2) is 71.3 Å². The van der Waals surface area contributed by atoms with Crippen molar-refractivity contribution in [2.24, 2.45) is 0 Å². The highest BCUT2D eigenvalue weighted by molar-refractivity contribution is 5.88. The fourth-order valence-corrected chi connectivity index (χ4v) is 5.10. The molecule has 0 aliphatic carbocycles. The van der Waals surface area contributed by atoms with E-state index >= 15 is 0 Å². The van der Waals surface area contributed by atoms with Gasteiger partial charge in [0.1, 0.15) is 12.1 Å². The van der Waals surface area contributed by atoms with E-state index in [1.165, 1.54) is 0 Å². The van der Waals surface area contributed by atoms with E-state index in [0.717, 1.165) is 31.2 Å². The Morgan fingerprint density at radius 3 is 2.61 bits per heavy atom. The Morgan fingerprint density at radius 2 is 1.97 bits per heavy atom. The molecule has 0 radical (unpaired) electrons. The quantitative estimate of drug-likeness (QED) is 0.546. The average molecular weight is 461 g/mol. The van der Waals surface area contributed by atoms with Gasteiger partial charge in [-0.1, -0.05) is 30.3 Å². The van der Waals surface area contributed by atoms with Crippen molar-refractivity contribution in [3.05, 3.63) is 35.9 Å². The largest absolute Gasteiger partial charge is 0.480 e. The lowest BCUT2D eigenvalue weighted by molar-refractivity contribution is -0.170. The number of likely N-dealkylation sites (tertiary alicyclic amines) is 1. The summed E-state index contributed by atoms with van der Waals surface area (Å²) in [6, 6.07) is 7.52. The summed E-state index contributed by atoms with van der Waals surface area (Å²) in [5, 5.41) is 13.0. The van der Waals surface area contributed by atoms with Crippen molar-refractivity contribution in [3.63, 3.8) is 0 Å². The number of carboxylic acid groups (broad SMARTS) is 1. The van der Waals surface area contributed by atoms with Crippen LogP contribution >= 0.6 is 0 Å². The zero-order valence-corrected chi connectivity index (χ0v) is 19.6. The van der Waals surface area contributed by atoms with Gasteiger partial charge in [0.25, 0.3) is 0 Å². The lowest BCUT2D eigenvalue weighted by atomic mass is 9.79. The van der Waals surface area contributed by atoms with Crippen LogP contribution in [0.3, 0.4) is 0 Å². The van der Waals surface area contributed by atoms with Gasteiger partial charge in [-0.25, -0.2) is 4.79 Å². The highest BCUT2D eigenvalue weighted by Gasteiger charge is 2.50. The predicted molar refractivity (Wildman–Crippen MR) is 123 cm³/mol. The lowest BCUT2D eigenvalue weighted by Gasteiger charge is -2.52. The van der Waals surface area contributed by atoms with E-state index in [0.29, 0.717) is 32.5 Å². The third-order valence-electron chi connectivity index (χ3n) is 6.72. The van der Waals surface area contributed by atoms with E-state index in [1.807, 2.05) is 30.3 Å². The number of rotatable bonds is 9. The van der Waals surface area contributed by atoms with Gasteiger partial charge in [0.2, 0.25) is 5.91 Å². The highest BCUT2D eigenvalue weighted by atomic mass is 16.5. The first kappa shape index (κ1) is 25.2. The fraction of sp³-hybridized carbons (Fsp3) is 0.640. The molecule has 0 saturated carbocycles. The molecule has 2 fully saturated rings. The Bertz CT molecular complexity index is 803. The minimum absolute atomic E-state index is 0.248. The van der Waals surface area contributed by atoms with Gasteiger partial charge in [-0.05, 0) is 64.4 Å². The van der Waals surface area contributed by atoms with E-state index in [2.05, 4.69) is 5.32 Å². The summed E-state index contributed by atoms with van der Waals surface area (Å²) in [7, 11) is 0. The smallest absolute Gasteiger partial charge is 0.326 e. The summed E-state index contributed by atoms with van der Waals surface area (Å²) in [5.41, 5.74) is 0.489. The first-order valence-corrected chi connectivity index (χ1v) is 12.0. The van der Waals surface area contributed by atoms with Crippen LogP contribution in [0.5, 0.6) is 0 Å². The van der Waals surface area contributed by atoms with E-state index in [-0.39, 0.29) is 12.5 Å². The number of piperidine rings is 1. The summed E-state index contributed by atoms with van der Waals surface area (Å²) in [5.74, 6) is -1.70. The number of ether oxygens (including phenoxy) is 2. The van der Waals surface area contributed by atoms with Crippen LogP contribution in [0.4, 0.5) is 0 Å². The molecular weight excluding hydrogens is 424 g/mol. The van der Waals surface area contributed by atoms with Gasteiger partial charge in [0.05, 0.1) is 24.8 Å². The van der Waals surface area contributed by atoms with Gasteiger partial charge < -0.3 is 19.5 Å². The third kappa shape index (κ3) is 6.12. The number of carbonyl (C=O) groups excluding carboxylic acids is 2. The Morgan fingerprint density at radius 1 is 1.24 bits per heavy atom. The summed E-state index contributed by atoms with van der Waals surface area (Å²) < 4.78 is 11.0. The number of carboxylic acids is 1. The monoisotopic (exact) mass is 460 g/mol. The number of hydrogen-bond acceptors (Lipinski definition) is 6. The van der Waals surface area contributed by atoms with Crippen LogP contribution in [0.25, 0.3) is 0 Å². The standard InChI is InChI=1S/C25H36N2O6/c1-3-33-24(31)20(13-12-19-9-5-4-6-10-19)26-18(2)22(28)27-21(23(29)30)11-7-14-25(27)15-8-16-32-17-25/h4-6,9-10,18,20-21,26H,3,7-8,11-17H2,1-2H3,(H,29,30)/t18-,20?,21-,25?/m0/s1. The van der Waals surface area contributed by atoms with Crippen molar-refractivity contribution in [2.75, 3.05) is 19.8 Å². The molecule has 182 valence electrons. The third-order valence-corrected chi connectivity index (χ3v) is 6.72. The first-order valence-electron chi connectivity index (χ1n) is 12.0. The Balaban J connectivity index is 1.77. The maximum Gasteiger partial charge on any atom is 0.326 e. The molecule has 0 bridgehead atoms. The van der Waals surface area contributed by atoms with Gasteiger partial charge in [-0.3, -0.25) is 14.9 Å². The lowest BCUT2D eigenvalue weighted by Crippen LogP contribution is -2.67. The van der Waals surface area contributed by atoms with E-state index < -0.39 is 35.6 Å². The molecule has 8 heteroatoms. The minimum atomic E-state index is -0.994. The SMILES string of the molecule is CCOC(=O)C(CCc1ccccc1)N[C@@H](C)C(=O)N1[C@H](C(=O)O)CCCC12CCCOC2. The molecular formula is C25H36N2O6. The Labute approximate surface area is 195 Å². The van der Waals surface area contributed by atoms with E-state index in [9.17, 15) is 19.5 Å². The van der Waals surface area contributed by atoms with Gasteiger partial charge in [0.15, 0.2) is 0 Å². The van der Waals surface area contributed by atoms with Gasteiger partial charge in [-0.15, -0.1) is 0 Å². The number of carbonyl (C=O) groups is 3. The van der Waals surface area contributed by atoms with Crippen molar-refractivity contribution in [1.82, 2.24) is 10.2 Å². The number of benzene rings is 1. The van der Waals surface area contributed by atoms with E-state index in [4.69, 9.17) is 9.47 Å². The summed E-state index contributed by atoms with van der Waals surface area (Å²) in [6.45, 7) is 4.67. The maximum absolute atomic E-state index is 13.7. The normalized spacial score (nSPS) is 24.8. The minimum Gasteiger partial charge on any atom is -0.480 e. The van der Waals surface area contributed by atoms with Crippen LogP contribution in [0.15, 0.2) is 30.3 Å². The molecule has 1 amide bonds. The number of esters is 1. The zero-order chi connectivity index (χ0) is 23.8. The van der Waals surface area contributed by atoms with Crippen LogP contribution < -0.4 is 5.32 Å². The van der Waals surface area contributed by atoms with Crippen molar-refractivity contribution in [3.8, 4) is 0 Å². The first-order chi connectivity index (χ1) is 15.9. The summed E-state index contributed by atoms with van der Waals surface area (Å²) in [4.78, 5) is 39.9. The molecule has 1 aromatic carbocycles. The average Bonchev–Trinajstić information content (AvgIpc) is 2.82. The second kappa shape index (κ2) is 11.6. The van der Waals surface area contributed by atoms with Gasteiger partial charge in [-0.2, -0.15) is 0 Å².